The van der Waals surface area contributed by atoms with E-state index in [-0.39, 0.29) is 132 Å². The minimum Gasteiger partial charge on any atom is -0.432 e. The van der Waals surface area contributed by atoms with Gasteiger partial charge < -0.3 is 48.7 Å². The summed E-state index contributed by atoms with van der Waals surface area (Å²) in [7, 11) is -3.66. The molecule has 0 bridgehead atoms. The van der Waals surface area contributed by atoms with Gasteiger partial charge in [0.05, 0.1) is 25.4 Å². The van der Waals surface area contributed by atoms with Gasteiger partial charge in [-0.2, -0.15) is 0 Å². The Bertz CT molecular complexity index is 4870. The molecule has 4 unspecified atom stereocenters. The summed E-state index contributed by atoms with van der Waals surface area (Å²) in [4.78, 5) is 156. The smallest absolute Gasteiger partial charge is 0.432 e. The number of imide groups is 2. The van der Waals surface area contributed by atoms with Crippen molar-refractivity contribution in [2.24, 2.45) is 0 Å². The average molecular weight is 1730 g/mol. The van der Waals surface area contributed by atoms with Crippen LogP contribution in [0, 0.1) is 0 Å². The van der Waals surface area contributed by atoms with Crippen LogP contribution < -0.4 is 14.9 Å². The summed E-state index contributed by atoms with van der Waals surface area (Å²) in [6.07, 6.45) is 8.51. The van der Waals surface area contributed by atoms with Crippen LogP contribution in [0.15, 0.2) is 120 Å². The van der Waals surface area contributed by atoms with Crippen LogP contribution in [0.5, 0.6) is 0 Å². The molecule has 2 aliphatic heterocycles. The number of aromatic nitrogens is 4. The van der Waals surface area contributed by atoms with Gasteiger partial charge in [0.15, 0.2) is 17.3 Å². The highest BCUT2D eigenvalue weighted by Gasteiger charge is 2.39. The zero-order valence-corrected chi connectivity index (χ0v) is 70.3. The van der Waals surface area contributed by atoms with Crippen molar-refractivity contribution >= 4 is 86.4 Å². The number of rotatable bonds is 47. The molecule has 4 atom stereocenters. The second-order valence-corrected chi connectivity index (χ2v) is 31.1. The molecule has 34 heteroatoms. The van der Waals surface area contributed by atoms with Crippen molar-refractivity contribution in [3.63, 3.8) is 0 Å². The molecular weight excluding hydrogens is 1610 g/mol. The minimum absolute atomic E-state index is 0. The normalized spacial score (nSPS) is 14.7. The third kappa shape index (κ3) is 28.5. The van der Waals surface area contributed by atoms with Gasteiger partial charge in [0.1, 0.15) is 29.1 Å². The van der Waals surface area contributed by atoms with Gasteiger partial charge >= 0.3 is 18.5 Å². The molecule has 11 rings (SSSR count). The lowest BCUT2D eigenvalue weighted by Gasteiger charge is -2.17. The van der Waals surface area contributed by atoms with Crippen LogP contribution in [0.25, 0.3) is 33.3 Å². The largest absolute Gasteiger partial charge is 0.535 e. The molecule has 4 heterocycles. The molecule has 5 amide bonds. The lowest BCUT2D eigenvalue weighted by atomic mass is 9.93. The van der Waals surface area contributed by atoms with Gasteiger partial charge in [-0.25, -0.2) is 27.5 Å². The lowest BCUT2D eigenvalue weighted by molar-refractivity contribution is -0.177. The van der Waals surface area contributed by atoms with Crippen LogP contribution in [-0.2, 0) is 89.7 Å². The topological polar surface area (TPSA) is 429 Å². The maximum absolute atomic E-state index is 13.5. The van der Waals surface area contributed by atoms with Gasteiger partial charge in [-0.05, 0) is 163 Å². The van der Waals surface area contributed by atoms with Gasteiger partial charge in [-0.3, -0.25) is 57.9 Å². The molecule has 2 aliphatic carbocycles. The van der Waals surface area contributed by atoms with E-state index in [1.165, 1.54) is 12.4 Å². The first kappa shape index (κ1) is 97.3. The number of para-hydroxylation sites is 1. The third-order valence-corrected chi connectivity index (χ3v) is 22.0. The maximum atomic E-state index is 13.5. The quantitative estimate of drug-likeness (QED) is 0.00687. The van der Waals surface area contributed by atoms with Crippen molar-refractivity contribution in [3.8, 4) is 22.3 Å². The SMILES string of the molecule is C.CCCCOCCCC(=O)c1ccc2c(c1)C(COC(=O)ON1C(=O)CCC1=O)c1cc(C(=O)CCCOC(C)CCO)ccc1-2.CCCCOCCNC(=O)CCCc1ccc2c(c1)C(COC(=O)ON1C(=O)CCC1=O)c1cccc(C(=O)CCCOC(C)CCO)c1-2.CCNS(=O)(=O)c1cnccc1CCOC(=O)On1nnc2ccccc21. The Labute approximate surface area is 715 Å². The number of Topliss-reactive ketones (excluding diaryl/α,β-unsaturated/α-hetero) is 3. The van der Waals surface area contributed by atoms with Crippen molar-refractivity contribution in [2.75, 3.05) is 85.8 Å². The number of hydrogen-bond acceptors (Lipinski definition) is 28. The molecule has 0 spiro atoms. The fraction of sp³-hybridized carbons (Fsp3) is 0.483. The van der Waals surface area contributed by atoms with E-state index < -0.39 is 64.0 Å². The molecule has 123 heavy (non-hydrogen) atoms. The van der Waals surface area contributed by atoms with E-state index >= 15 is 0 Å². The fourth-order valence-electron chi connectivity index (χ4n) is 13.9. The standard InChI is InChI=1S/C37H48N2O10.C35H43NO10.C16H17N5O5S.CH4/c1-3-4-20-46-22-18-38-33(42)12-5-8-26-13-14-28-30(23-26)31(24-48-37(45)49-39-34(43)15-16-35(39)44)27-9-6-10-29(36(27)28)32(41)11-7-21-47-25(2)17-19-40;1-3-4-17-43-18-5-7-31(38)24-9-11-26-27-12-10-25(32(39)8-6-19-44-23(2)15-16-37)21-29(27)30(28(26)20-24)22-45-35(42)46-36-33(40)13-14-34(36)41;1-2-18-27(23,24)15-11-17-9-7-12(15)8-10-25-16(22)26-21-14-6-4-3-5-13(14)19-20-21;/h6,9-10,13-14,23,25,31,40H,3-5,7-8,11-12,15-22,24H2,1-2H3,(H,38,42);9-12,20-21,23,30,37H,3-8,13-19,22H2,1-2H3;3-7,9,11,18H,2,8,10H2,1H3;1H4. The number of hydrogen-bond donors (Lipinski definition) is 4. The van der Waals surface area contributed by atoms with E-state index in [9.17, 15) is 61.2 Å². The van der Waals surface area contributed by atoms with Crippen LogP contribution in [-0.4, -0.2) is 212 Å². The van der Waals surface area contributed by atoms with Crippen molar-refractivity contribution in [1.29, 1.82) is 0 Å². The molecule has 7 aromatic rings. The Kier molecular flexibility index (Phi) is 39.5. The van der Waals surface area contributed by atoms with Gasteiger partial charge in [-0.1, -0.05) is 129 Å². The highest BCUT2D eigenvalue weighted by Crippen LogP contribution is 2.49. The van der Waals surface area contributed by atoms with E-state index in [0.29, 0.717) is 147 Å². The van der Waals surface area contributed by atoms with Gasteiger partial charge in [0, 0.05) is 158 Å². The second-order valence-electron chi connectivity index (χ2n) is 29.3. The summed E-state index contributed by atoms with van der Waals surface area (Å²) in [6, 6.07) is 30.8. The highest BCUT2D eigenvalue weighted by molar-refractivity contribution is 7.89. The molecule has 4 N–H and O–H groups in total. The van der Waals surface area contributed by atoms with Crippen LogP contribution in [0.4, 0.5) is 14.4 Å². The Hall–Kier alpha value is -11.1. The summed E-state index contributed by atoms with van der Waals surface area (Å²) in [6.45, 7) is 13.2. The number of carbonyl (C=O) groups excluding carboxylic acids is 11. The Morgan fingerprint density at radius 3 is 1.64 bits per heavy atom. The first-order valence-corrected chi connectivity index (χ1v) is 43.0. The number of ketones is 3. The molecule has 0 radical (unpaired) electrons. The van der Waals surface area contributed by atoms with Crippen LogP contribution in [0.1, 0.15) is 234 Å². The van der Waals surface area contributed by atoms with Crippen molar-refractivity contribution < 1.29 is 119 Å². The van der Waals surface area contributed by atoms with Gasteiger partial charge in [-0.15, -0.1) is 5.10 Å². The molecular formula is C89H112N8O25S. The van der Waals surface area contributed by atoms with E-state index in [0.717, 1.165) is 80.6 Å². The summed E-state index contributed by atoms with van der Waals surface area (Å²) in [5, 5.41) is 29.5. The number of unbranched alkanes of at least 4 members (excludes halogenated alkanes) is 2. The average Bonchev–Trinajstić information content (AvgIpc) is 1.58. The number of aliphatic hydroxyl groups excluding tert-OH is 2. The molecule has 2 saturated heterocycles. The van der Waals surface area contributed by atoms with Crippen LogP contribution in [0.3, 0.4) is 0 Å². The summed E-state index contributed by atoms with van der Waals surface area (Å²) >= 11 is 0. The van der Waals surface area contributed by atoms with Crippen molar-refractivity contribution in [1.82, 2.24) is 40.3 Å². The number of pyridine rings is 1. The number of nitrogens with zero attached hydrogens (tertiary/aromatic N) is 6. The number of amides is 5. The number of hydroxylamine groups is 4. The van der Waals surface area contributed by atoms with Crippen LogP contribution >= 0.6 is 0 Å². The number of benzene rings is 5. The molecule has 0 saturated carbocycles. The first-order chi connectivity index (χ1) is 59.0. The van der Waals surface area contributed by atoms with Crippen molar-refractivity contribution in [3.05, 3.63) is 166 Å². The van der Waals surface area contributed by atoms with E-state index in [1.807, 2.05) is 50.2 Å². The zero-order valence-electron chi connectivity index (χ0n) is 69.5. The van der Waals surface area contributed by atoms with Crippen LogP contribution in [0.2, 0.25) is 0 Å². The third-order valence-electron chi connectivity index (χ3n) is 20.4. The Morgan fingerprint density at radius 2 is 1.07 bits per heavy atom. The first-order valence-electron chi connectivity index (χ1n) is 41.5. The van der Waals surface area contributed by atoms with E-state index in [4.69, 9.17) is 57.9 Å². The minimum atomic E-state index is -3.66. The number of sulfonamides is 1. The maximum Gasteiger partial charge on any atom is 0.535 e. The predicted octanol–water partition coefficient (Wildman–Crippen LogP) is 12.1. The monoisotopic (exact) mass is 1720 g/mol. The second kappa shape index (κ2) is 49.9. The summed E-state index contributed by atoms with van der Waals surface area (Å²) < 4.78 is 65.1. The molecule has 5 aromatic carbocycles. The number of ether oxygens (including phenoxy) is 7. The van der Waals surface area contributed by atoms with Gasteiger partial charge in [0.2, 0.25) is 15.9 Å². The Morgan fingerprint density at radius 1 is 0.537 bits per heavy atom. The van der Waals surface area contributed by atoms with E-state index in [2.05, 4.69) is 39.2 Å². The number of fused-ring (bicyclic) bond motifs is 7. The van der Waals surface area contributed by atoms with Crippen molar-refractivity contribution in [2.45, 2.75) is 199 Å². The van der Waals surface area contributed by atoms with Gasteiger partial charge in [0.25, 0.3) is 23.6 Å². The molecule has 2 fully saturated rings. The predicted molar refractivity (Wildman–Crippen MR) is 448 cm³/mol. The summed E-state index contributed by atoms with van der Waals surface area (Å²) in [5.74, 6) is -3.58. The zero-order chi connectivity index (χ0) is 87.5. The highest BCUT2D eigenvalue weighted by atomic mass is 32.2. The number of aryl methyl sites for hydroxylation is 1. The lowest BCUT2D eigenvalue weighted by Crippen LogP contribution is -2.32. The number of aliphatic hydroxyl groups is 2. The Balaban J connectivity index is 0.000000237. The fourth-order valence-corrected chi connectivity index (χ4v) is 15.2. The number of nitrogens with one attached hydrogen (secondary N) is 2. The summed E-state index contributed by atoms with van der Waals surface area (Å²) in [5.41, 5.74) is 10.6. The molecule has 4 aliphatic rings. The molecule has 2 aromatic heterocycles. The van der Waals surface area contributed by atoms with E-state index in [1.54, 1.807) is 73.7 Å². The molecule has 33 nitrogen and oxygen atoms in total. The molecule has 664 valence electrons. The number of carbonyl (C=O) groups is 11.